The molecule has 24 heavy (non-hydrogen) atoms. The summed E-state index contributed by atoms with van der Waals surface area (Å²) < 4.78 is 0. The molecule has 4 aliphatic carbocycles. The van der Waals surface area contributed by atoms with Gasteiger partial charge in [0.1, 0.15) is 0 Å². The third kappa shape index (κ3) is 1.95. The Balaban J connectivity index is 1.60. The van der Waals surface area contributed by atoms with Crippen molar-refractivity contribution in [2.75, 3.05) is 23.5 Å². The molecule has 0 aliphatic heterocycles. The number of hydrogen-bond acceptors (Lipinski definition) is 0. The Bertz CT molecular complexity index is 564. The summed E-state index contributed by atoms with van der Waals surface area (Å²) in [7, 11) is 0. The van der Waals surface area contributed by atoms with Crippen LogP contribution in [0.3, 0.4) is 0 Å². The number of fused-ring (bicyclic) bond motifs is 10. The van der Waals surface area contributed by atoms with Gasteiger partial charge in [-0.05, 0) is 82.4 Å². The van der Waals surface area contributed by atoms with Crippen molar-refractivity contribution in [1.29, 1.82) is 0 Å². The van der Waals surface area contributed by atoms with Gasteiger partial charge in [0.25, 0.3) is 0 Å². The lowest BCUT2D eigenvalue weighted by Crippen LogP contribution is -2.27. The van der Waals surface area contributed by atoms with Crippen molar-refractivity contribution < 1.29 is 0 Å². The van der Waals surface area contributed by atoms with E-state index in [1.54, 1.807) is 22.3 Å². The van der Waals surface area contributed by atoms with Gasteiger partial charge in [-0.15, -0.1) is 46.4 Å². The van der Waals surface area contributed by atoms with E-state index < -0.39 is 0 Å². The predicted octanol–water partition coefficient (Wildman–Crippen LogP) is 6.28. The fourth-order valence-corrected chi connectivity index (χ4v) is 8.49. The fourth-order valence-electron chi connectivity index (χ4n) is 6.71. The minimum atomic E-state index is 0.553. The summed E-state index contributed by atoms with van der Waals surface area (Å²) in [6.07, 6.45) is 2.50. The van der Waals surface area contributed by atoms with Gasteiger partial charge in [-0.25, -0.2) is 0 Å². The van der Waals surface area contributed by atoms with E-state index in [0.717, 1.165) is 23.5 Å². The molecule has 4 heteroatoms. The predicted molar refractivity (Wildman–Crippen MR) is 103 cm³/mol. The molecule has 1 aromatic carbocycles. The Morgan fingerprint density at radius 1 is 0.542 bits per heavy atom. The zero-order valence-electron chi connectivity index (χ0n) is 13.5. The first-order valence-corrected chi connectivity index (χ1v) is 11.3. The molecule has 0 spiro atoms. The summed E-state index contributed by atoms with van der Waals surface area (Å²) in [6.45, 7) is 0. The molecule has 5 rings (SSSR count). The zero-order chi connectivity index (χ0) is 16.6. The highest BCUT2D eigenvalue weighted by atomic mass is 35.5. The van der Waals surface area contributed by atoms with E-state index in [1.807, 2.05) is 0 Å². The monoisotopic (exact) mass is 402 g/mol. The summed E-state index contributed by atoms with van der Waals surface area (Å²) in [5.41, 5.74) is 6.31. The largest absolute Gasteiger partial charge is 0.126 e. The van der Waals surface area contributed by atoms with Crippen molar-refractivity contribution in [1.82, 2.24) is 0 Å². The van der Waals surface area contributed by atoms with Crippen LogP contribution in [-0.2, 0) is 0 Å². The van der Waals surface area contributed by atoms with Gasteiger partial charge in [0.2, 0.25) is 0 Å². The second-order valence-corrected chi connectivity index (χ2v) is 9.51. The lowest BCUT2D eigenvalue weighted by atomic mass is 9.72. The van der Waals surface area contributed by atoms with Gasteiger partial charge >= 0.3 is 0 Å². The number of halogens is 4. The Kier molecular flexibility index (Phi) is 4.10. The SMILES string of the molecule is ClCC1C(CCl)[C@H]2C[C@@H]1c1cc3c(cc12)[C@@H]1C[C@H]3[C@@H](CCl)[C@H]1CCl. The number of hydrogen-bond donors (Lipinski definition) is 0. The normalized spacial score (nSPS) is 44.2. The van der Waals surface area contributed by atoms with Gasteiger partial charge in [-0.3, -0.25) is 0 Å². The minimum Gasteiger partial charge on any atom is -0.126 e. The van der Waals surface area contributed by atoms with Crippen molar-refractivity contribution in [2.45, 2.75) is 36.5 Å². The van der Waals surface area contributed by atoms with Gasteiger partial charge in [-0.2, -0.15) is 0 Å². The molecule has 2 fully saturated rings. The summed E-state index contributed by atoms with van der Waals surface area (Å²) in [5, 5.41) is 0. The molecule has 8 atom stereocenters. The highest BCUT2D eigenvalue weighted by Crippen LogP contribution is 2.65. The molecule has 0 nitrogen and oxygen atoms in total. The standard InChI is InChI=1S/C20H22Cl4/c21-5-17-13-3-15(19(17)7-23)11-2-12-10(1-9(11)13)14-4-16(12)20(8-24)18(14)6-22/h1-2,13-20H,3-8H2/t13-,14-,15+,16+,17-,18?,19+,20?. The third-order valence-electron chi connectivity index (χ3n) is 7.78. The first-order chi connectivity index (χ1) is 11.7. The van der Waals surface area contributed by atoms with E-state index in [1.165, 1.54) is 12.8 Å². The molecule has 0 N–H and O–H groups in total. The van der Waals surface area contributed by atoms with E-state index in [2.05, 4.69) is 12.1 Å². The first kappa shape index (κ1) is 16.5. The van der Waals surface area contributed by atoms with Crippen molar-refractivity contribution in [3.05, 3.63) is 34.4 Å². The van der Waals surface area contributed by atoms with Crippen LogP contribution in [0.15, 0.2) is 12.1 Å². The molecular weight excluding hydrogens is 382 g/mol. The lowest BCUT2D eigenvalue weighted by molar-refractivity contribution is 0.379. The van der Waals surface area contributed by atoms with Crippen molar-refractivity contribution >= 4 is 46.4 Å². The van der Waals surface area contributed by atoms with Crippen LogP contribution in [0.2, 0.25) is 0 Å². The average molecular weight is 404 g/mol. The van der Waals surface area contributed by atoms with E-state index in [-0.39, 0.29) is 0 Å². The minimum absolute atomic E-state index is 0.553. The van der Waals surface area contributed by atoms with Crippen LogP contribution in [0.4, 0.5) is 0 Å². The molecule has 130 valence electrons. The van der Waals surface area contributed by atoms with Gasteiger partial charge in [0, 0.05) is 23.5 Å². The van der Waals surface area contributed by atoms with Crippen LogP contribution in [0.1, 0.15) is 58.8 Å². The lowest BCUT2D eigenvalue weighted by Gasteiger charge is -2.35. The van der Waals surface area contributed by atoms with Gasteiger partial charge in [0.05, 0.1) is 0 Å². The second kappa shape index (κ2) is 5.95. The number of rotatable bonds is 4. The smallest absolute Gasteiger partial charge is 0.0260 e. The van der Waals surface area contributed by atoms with Crippen molar-refractivity contribution in [3.63, 3.8) is 0 Å². The molecule has 0 heterocycles. The average Bonchev–Trinajstić information content (AvgIpc) is 3.34. The van der Waals surface area contributed by atoms with Gasteiger partial charge < -0.3 is 0 Å². The Morgan fingerprint density at radius 2 is 0.792 bits per heavy atom. The van der Waals surface area contributed by atoms with Crippen molar-refractivity contribution in [3.8, 4) is 0 Å². The summed E-state index contributed by atoms with van der Waals surface area (Å²) in [4.78, 5) is 0. The summed E-state index contributed by atoms with van der Waals surface area (Å²) >= 11 is 25.3. The molecular formula is C20H22Cl4. The first-order valence-electron chi connectivity index (χ1n) is 9.14. The van der Waals surface area contributed by atoms with Crippen LogP contribution >= 0.6 is 46.4 Å². The molecule has 2 unspecified atom stereocenters. The molecule has 0 aromatic heterocycles. The molecule has 4 aliphatic rings. The molecule has 4 bridgehead atoms. The highest BCUT2D eigenvalue weighted by molar-refractivity contribution is 6.19. The molecule has 1 aromatic rings. The number of alkyl halides is 4. The van der Waals surface area contributed by atoms with Crippen LogP contribution in [0, 0.1) is 23.7 Å². The van der Waals surface area contributed by atoms with Crippen LogP contribution in [-0.4, -0.2) is 23.5 Å². The van der Waals surface area contributed by atoms with Crippen LogP contribution < -0.4 is 0 Å². The van der Waals surface area contributed by atoms with E-state index in [4.69, 9.17) is 46.4 Å². The fraction of sp³-hybridized carbons (Fsp3) is 0.700. The Hall–Kier alpha value is 0.380. The quantitative estimate of drug-likeness (QED) is 0.519. The van der Waals surface area contributed by atoms with Gasteiger partial charge in [-0.1, -0.05) is 12.1 Å². The van der Waals surface area contributed by atoms with Crippen molar-refractivity contribution in [2.24, 2.45) is 23.7 Å². The van der Waals surface area contributed by atoms with Gasteiger partial charge in [0.15, 0.2) is 0 Å². The van der Waals surface area contributed by atoms with E-state index in [0.29, 0.717) is 47.3 Å². The molecule has 0 radical (unpaired) electrons. The zero-order valence-corrected chi connectivity index (χ0v) is 16.6. The van der Waals surface area contributed by atoms with E-state index >= 15 is 0 Å². The second-order valence-electron chi connectivity index (χ2n) is 8.28. The maximum Gasteiger partial charge on any atom is 0.0260 e. The molecule has 0 saturated heterocycles. The third-order valence-corrected chi connectivity index (χ3v) is 9.21. The summed E-state index contributed by atoms with van der Waals surface area (Å²) in [6, 6.07) is 5.07. The molecule has 0 amide bonds. The summed E-state index contributed by atoms with van der Waals surface area (Å²) in [5.74, 6) is 7.63. The van der Waals surface area contributed by atoms with Crippen LogP contribution in [0.5, 0.6) is 0 Å². The number of benzene rings is 1. The Morgan fingerprint density at radius 3 is 1.00 bits per heavy atom. The Labute approximate surface area is 164 Å². The maximum atomic E-state index is 6.31. The van der Waals surface area contributed by atoms with Crippen LogP contribution in [0.25, 0.3) is 0 Å². The highest BCUT2D eigenvalue weighted by Gasteiger charge is 2.54. The topological polar surface area (TPSA) is 0 Å². The molecule has 2 saturated carbocycles. The maximum absolute atomic E-state index is 6.31. The van der Waals surface area contributed by atoms with E-state index in [9.17, 15) is 0 Å².